The number of rotatable bonds is 14. The van der Waals surface area contributed by atoms with Crippen LogP contribution in [-0.2, 0) is 28.8 Å². The first-order valence-corrected chi connectivity index (χ1v) is 10.2. The maximum Gasteiger partial charge on any atom is 0.327 e. The van der Waals surface area contributed by atoms with E-state index in [1.807, 2.05) is 0 Å². The van der Waals surface area contributed by atoms with Crippen molar-refractivity contribution in [3.8, 4) is 0 Å². The normalized spacial score (nSPS) is 11.0. The van der Waals surface area contributed by atoms with Gasteiger partial charge < -0.3 is 26.2 Å². The molecular formula is C14H20N2Na4O10S2. The minimum absolute atomic E-state index is 0. The fourth-order valence-electron chi connectivity index (χ4n) is 1.72. The fraction of sp³-hybridized carbons (Fsp3) is 0.571. The van der Waals surface area contributed by atoms with Crippen molar-refractivity contribution in [3.05, 3.63) is 0 Å². The van der Waals surface area contributed by atoms with Crippen molar-refractivity contribution in [2.45, 2.75) is 37.8 Å². The van der Waals surface area contributed by atoms with Gasteiger partial charge in [0.15, 0.2) is 0 Å². The SMILES string of the molecule is N[C@@H](CSSC[C@@H](C(=O)O)N(C(=O)CCC(=O)O)C(=O)CCC(=O)O)C(=O)O.[Na].[Na].[Na].[Na]. The molecule has 0 unspecified atom stereocenters. The van der Waals surface area contributed by atoms with Crippen LogP contribution in [0.1, 0.15) is 25.7 Å². The van der Waals surface area contributed by atoms with Gasteiger partial charge in [-0.05, 0) is 0 Å². The van der Waals surface area contributed by atoms with Gasteiger partial charge in [0.05, 0.1) is 12.8 Å². The molecule has 0 rings (SSSR count). The number of hydrogen-bond acceptors (Lipinski definition) is 9. The third kappa shape index (κ3) is 19.9. The van der Waals surface area contributed by atoms with E-state index < -0.39 is 73.5 Å². The quantitative estimate of drug-likeness (QED) is 0.0913. The predicted molar refractivity (Wildman–Crippen MR) is 121 cm³/mol. The second kappa shape index (κ2) is 24.4. The van der Waals surface area contributed by atoms with Crippen LogP contribution in [0.3, 0.4) is 0 Å². The van der Waals surface area contributed by atoms with Gasteiger partial charge in [-0.2, -0.15) is 0 Å². The van der Waals surface area contributed by atoms with Crippen LogP contribution in [0.2, 0.25) is 0 Å². The maximum atomic E-state index is 12.2. The molecule has 0 heterocycles. The molecule has 0 bridgehead atoms. The zero-order valence-corrected chi connectivity index (χ0v) is 28.1. The van der Waals surface area contributed by atoms with Gasteiger partial charge in [-0.3, -0.25) is 28.9 Å². The van der Waals surface area contributed by atoms with E-state index >= 15 is 0 Å². The number of carbonyl (C=O) groups is 6. The zero-order valence-electron chi connectivity index (χ0n) is 18.5. The second-order valence-electron chi connectivity index (χ2n) is 5.31. The summed E-state index contributed by atoms with van der Waals surface area (Å²) in [6.07, 6.45) is -2.55. The standard InChI is InChI=1S/C14H20N2O10S2.4Na/c15-7(13(23)24)5-27-28-6-8(14(25)26)16(9(17)1-3-11(19)20)10(18)2-4-12(21)22;;;;/h7-8H,1-6,15H2,(H,19,20)(H,21,22)(H,23,24)(H,25,26);;;;/t7-,8-;;;;/m0..../s1. The fourth-order valence-corrected chi connectivity index (χ4v) is 4.02. The van der Waals surface area contributed by atoms with E-state index in [0.717, 1.165) is 21.6 Å². The van der Waals surface area contributed by atoms with Crippen LogP contribution in [0.5, 0.6) is 0 Å². The average molecular weight is 532 g/mol. The Balaban J connectivity index is -0.000000607. The number of nitrogens with zero attached hydrogens (tertiary/aromatic N) is 1. The Morgan fingerprint density at radius 2 is 1.03 bits per heavy atom. The van der Waals surface area contributed by atoms with Gasteiger partial charge >= 0.3 is 23.9 Å². The van der Waals surface area contributed by atoms with E-state index in [9.17, 15) is 33.9 Å². The summed E-state index contributed by atoms with van der Waals surface area (Å²) >= 11 is 0. The summed E-state index contributed by atoms with van der Waals surface area (Å²) in [5.74, 6) is -7.97. The van der Waals surface area contributed by atoms with Crippen LogP contribution in [0.15, 0.2) is 0 Å². The first kappa shape index (κ1) is 43.7. The first-order chi connectivity index (χ1) is 13.0. The maximum absolute atomic E-state index is 12.2. The Labute approximate surface area is 280 Å². The molecule has 0 aromatic rings. The molecule has 2 atom stereocenters. The zero-order chi connectivity index (χ0) is 21.9. The summed E-state index contributed by atoms with van der Waals surface area (Å²) in [7, 11) is 1.78. The molecule has 0 aromatic carbocycles. The van der Waals surface area contributed by atoms with Crippen molar-refractivity contribution >= 4 is 176 Å². The predicted octanol–water partition coefficient (Wildman–Crippen LogP) is -2.21. The Morgan fingerprint density at radius 3 is 1.34 bits per heavy atom. The number of imide groups is 1. The van der Waals surface area contributed by atoms with E-state index in [4.69, 9.17) is 21.1 Å². The van der Waals surface area contributed by atoms with Gasteiger partial charge in [0.2, 0.25) is 11.8 Å². The Bertz CT molecular complexity index is 615. The average Bonchev–Trinajstić information content (AvgIpc) is 2.59. The Kier molecular flexibility index (Phi) is 33.3. The summed E-state index contributed by atoms with van der Waals surface area (Å²) in [6, 6.07) is -2.87. The molecule has 162 valence electrons. The van der Waals surface area contributed by atoms with Crippen LogP contribution in [0.4, 0.5) is 0 Å². The number of aliphatic carboxylic acids is 4. The van der Waals surface area contributed by atoms with E-state index in [1.54, 1.807) is 0 Å². The number of hydrogen-bond donors (Lipinski definition) is 5. The summed E-state index contributed by atoms with van der Waals surface area (Å²) in [4.78, 5) is 68.3. The Morgan fingerprint density at radius 1 is 0.656 bits per heavy atom. The molecular weight excluding hydrogens is 512 g/mol. The van der Waals surface area contributed by atoms with Crippen LogP contribution in [0, 0.1) is 0 Å². The van der Waals surface area contributed by atoms with Gasteiger partial charge in [-0.25, -0.2) is 4.79 Å². The van der Waals surface area contributed by atoms with Crippen molar-refractivity contribution in [2.24, 2.45) is 5.73 Å². The molecule has 4 radical (unpaired) electrons. The van der Waals surface area contributed by atoms with Gasteiger partial charge in [0.1, 0.15) is 12.1 Å². The number of nitrogens with two attached hydrogens (primary N) is 1. The molecule has 0 fully saturated rings. The molecule has 0 spiro atoms. The molecule has 0 aliphatic heterocycles. The molecule has 6 N–H and O–H groups in total. The van der Waals surface area contributed by atoms with E-state index in [-0.39, 0.29) is 130 Å². The van der Waals surface area contributed by atoms with Crippen LogP contribution in [0.25, 0.3) is 0 Å². The van der Waals surface area contributed by atoms with Crippen LogP contribution < -0.4 is 5.73 Å². The third-order valence-electron chi connectivity index (χ3n) is 3.11. The van der Waals surface area contributed by atoms with Crippen molar-refractivity contribution in [3.63, 3.8) is 0 Å². The molecule has 0 saturated heterocycles. The molecule has 12 nitrogen and oxygen atoms in total. The van der Waals surface area contributed by atoms with Crippen molar-refractivity contribution in [2.75, 3.05) is 11.5 Å². The summed E-state index contributed by atoms with van der Waals surface area (Å²) < 4.78 is 0. The monoisotopic (exact) mass is 532 g/mol. The van der Waals surface area contributed by atoms with Crippen LogP contribution >= 0.6 is 21.6 Å². The number of carboxylic acids is 4. The van der Waals surface area contributed by atoms with Gasteiger partial charge in [-0.15, -0.1) is 0 Å². The molecule has 0 aliphatic carbocycles. The smallest absolute Gasteiger partial charge is 0.327 e. The van der Waals surface area contributed by atoms with Crippen molar-refractivity contribution in [1.29, 1.82) is 0 Å². The minimum atomic E-state index is -1.68. The van der Waals surface area contributed by atoms with E-state index in [1.165, 1.54) is 0 Å². The van der Waals surface area contributed by atoms with E-state index in [0.29, 0.717) is 4.90 Å². The Hall–Kier alpha value is 1.68. The van der Waals surface area contributed by atoms with Gasteiger partial charge in [0.25, 0.3) is 0 Å². The van der Waals surface area contributed by atoms with Crippen molar-refractivity contribution < 1.29 is 49.2 Å². The van der Waals surface area contributed by atoms with Gasteiger partial charge in [0, 0.05) is 143 Å². The third-order valence-corrected chi connectivity index (χ3v) is 5.54. The topological polar surface area (TPSA) is 213 Å². The molecule has 0 saturated carbocycles. The number of carboxylic acid groups (broad SMARTS) is 4. The largest absolute Gasteiger partial charge is 0.481 e. The minimum Gasteiger partial charge on any atom is -0.481 e. The number of carbonyl (C=O) groups excluding carboxylic acids is 2. The molecule has 0 aliphatic rings. The molecule has 2 amide bonds. The first-order valence-electron chi connectivity index (χ1n) is 7.71. The summed E-state index contributed by atoms with van der Waals surface area (Å²) in [6.45, 7) is 0. The molecule has 32 heavy (non-hydrogen) atoms. The van der Waals surface area contributed by atoms with Gasteiger partial charge in [-0.1, -0.05) is 21.6 Å². The van der Waals surface area contributed by atoms with Crippen molar-refractivity contribution in [1.82, 2.24) is 4.90 Å². The second-order valence-corrected chi connectivity index (χ2v) is 7.87. The van der Waals surface area contributed by atoms with Crippen LogP contribution in [-0.4, -0.2) is 203 Å². The molecule has 18 heteroatoms. The summed E-state index contributed by atoms with van der Waals surface area (Å²) in [5, 5.41) is 35.4. The van der Waals surface area contributed by atoms with E-state index in [2.05, 4.69) is 0 Å². The number of amides is 2. The summed E-state index contributed by atoms with van der Waals surface area (Å²) in [5.41, 5.74) is 5.31. The molecule has 0 aromatic heterocycles.